The Morgan fingerprint density at radius 1 is 1.19 bits per heavy atom. The highest BCUT2D eigenvalue weighted by molar-refractivity contribution is 7.12. The van der Waals surface area contributed by atoms with Gasteiger partial charge in [-0.3, -0.25) is 9.59 Å². The third kappa shape index (κ3) is 5.58. The summed E-state index contributed by atoms with van der Waals surface area (Å²) < 4.78 is 0. The van der Waals surface area contributed by atoms with E-state index >= 15 is 0 Å². The summed E-state index contributed by atoms with van der Waals surface area (Å²) in [5, 5.41) is 3.37. The van der Waals surface area contributed by atoms with Gasteiger partial charge in [-0.25, -0.2) is 0 Å². The fraction of sp³-hybridized carbons (Fsp3) is 0.300. The van der Waals surface area contributed by atoms with Gasteiger partial charge in [-0.2, -0.15) is 0 Å². The maximum absolute atomic E-state index is 12.3. The summed E-state index contributed by atoms with van der Waals surface area (Å²) in [6.45, 7) is 4.79. The molecule has 0 radical (unpaired) electrons. The van der Waals surface area contributed by atoms with Crippen LogP contribution in [0.25, 0.3) is 6.08 Å². The maximum atomic E-state index is 12.3. The van der Waals surface area contributed by atoms with Gasteiger partial charge in [-0.05, 0) is 43.3 Å². The molecule has 2 aromatic rings. The number of halogens is 1. The van der Waals surface area contributed by atoms with Gasteiger partial charge in [0.05, 0.1) is 6.54 Å². The van der Waals surface area contributed by atoms with Gasteiger partial charge in [0.15, 0.2) is 0 Å². The second-order valence-electron chi connectivity index (χ2n) is 6.35. The van der Waals surface area contributed by atoms with Gasteiger partial charge in [-0.15, -0.1) is 11.3 Å². The number of carbonyl (C=O) groups excluding carboxylic acids is 2. The minimum atomic E-state index is -0.257. The highest BCUT2D eigenvalue weighted by atomic mass is 35.5. The summed E-state index contributed by atoms with van der Waals surface area (Å²) in [6.07, 6.45) is 3.23. The van der Waals surface area contributed by atoms with Crippen molar-refractivity contribution in [3.63, 3.8) is 0 Å². The van der Waals surface area contributed by atoms with Crippen molar-refractivity contribution in [2.45, 2.75) is 6.92 Å². The van der Waals surface area contributed by atoms with E-state index < -0.39 is 0 Å². The van der Waals surface area contributed by atoms with Gasteiger partial charge in [-0.1, -0.05) is 17.7 Å². The van der Waals surface area contributed by atoms with Crippen molar-refractivity contribution < 1.29 is 9.59 Å². The number of hydrogen-bond acceptors (Lipinski definition) is 4. The molecule has 2 amide bonds. The molecule has 0 bridgehead atoms. The molecule has 1 aromatic carbocycles. The van der Waals surface area contributed by atoms with Crippen molar-refractivity contribution in [3.05, 3.63) is 57.3 Å². The first kappa shape index (κ1) is 19.5. The maximum Gasteiger partial charge on any atom is 0.244 e. The summed E-state index contributed by atoms with van der Waals surface area (Å²) >= 11 is 7.66. The number of benzene rings is 1. The molecule has 3 rings (SSSR count). The highest BCUT2D eigenvalue weighted by Crippen LogP contribution is 2.20. The van der Waals surface area contributed by atoms with Crippen LogP contribution in [0.3, 0.4) is 0 Å². The first-order valence-corrected chi connectivity index (χ1v) is 10.0. The third-order valence-corrected chi connectivity index (χ3v) is 5.58. The van der Waals surface area contributed by atoms with Crippen LogP contribution >= 0.6 is 22.9 Å². The summed E-state index contributed by atoms with van der Waals surface area (Å²) in [5.41, 5.74) is 1.07. The molecule has 1 aromatic heterocycles. The Balaban J connectivity index is 1.43. The smallest absolute Gasteiger partial charge is 0.244 e. The lowest BCUT2D eigenvalue weighted by atomic mass is 10.2. The predicted octanol–water partition coefficient (Wildman–Crippen LogP) is 3.19. The molecule has 7 heteroatoms. The lowest BCUT2D eigenvalue weighted by Gasteiger charge is -2.36. The van der Waals surface area contributed by atoms with Crippen LogP contribution in [0.4, 0.5) is 5.69 Å². The zero-order valence-electron chi connectivity index (χ0n) is 15.2. The van der Waals surface area contributed by atoms with Crippen LogP contribution < -0.4 is 10.2 Å². The third-order valence-electron chi connectivity index (χ3n) is 4.38. The number of amides is 2. The van der Waals surface area contributed by atoms with Crippen LogP contribution in [-0.4, -0.2) is 49.4 Å². The first-order valence-electron chi connectivity index (χ1n) is 8.82. The van der Waals surface area contributed by atoms with Crippen molar-refractivity contribution in [1.29, 1.82) is 0 Å². The average Bonchev–Trinajstić information content (AvgIpc) is 3.10. The Kier molecular flexibility index (Phi) is 6.53. The molecule has 0 aliphatic carbocycles. The van der Waals surface area contributed by atoms with Crippen LogP contribution in [0.1, 0.15) is 9.75 Å². The molecule has 27 heavy (non-hydrogen) atoms. The van der Waals surface area contributed by atoms with E-state index in [-0.39, 0.29) is 18.4 Å². The molecule has 0 atom stereocenters. The minimum Gasteiger partial charge on any atom is -0.368 e. The molecular formula is C20H22ClN3O2S. The van der Waals surface area contributed by atoms with Crippen molar-refractivity contribution >= 4 is 46.5 Å². The molecule has 2 heterocycles. The quantitative estimate of drug-likeness (QED) is 0.780. The fourth-order valence-corrected chi connectivity index (χ4v) is 3.89. The summed E-state index contributed by atoms with van der Waals surface area (Å²) in [5.74, 6) is -0.318. The highest BCUT2D eigenvalue weighted by Gasteiger charge is 2.21. The summed E-state index contributed by atoms with van der Waals surface area (Å²) in [7, 11) is 0. The van der Waals surface area contributed by atoms with Crippen LogP contribution in [-0.2, 0) is 9.59 Å². The molecule has 0 saturated carbocycles. The average molecular weight is 404 g/mol. The van der Waals surface area contributed by atoms with Crippen LogP contribution in [0, 0.1) is 6.92 Å². The van der Waals surface area contributed by atoms with E-state index in [1.165, 1.54) is 11.0 Å². The van der Waals surface area contributed by atoms with Gasteiger partial charge in [0.2, 0.25) is 11.8 Å². The van der Waals surface area contributed by atoms with E-state index in [0.717, 1.165) is 23.7 Å². The Morgan fingerprint density at radius 2 is 1.96 bits per heavy atom. The first-order chi connectivity index (χ1) is 13.0. The van der Waals surface area contributed by atoms with E-state index in [4.69, 9.17) is 11.6 Å². The molecule has 1 aliphatic rings. The van der Waals surface area contributed by atoms with Gasteiger partial charge >= 0.3 is 0 Å². The molecule has 1 saturated heterocycles. The zero-order valence-corrected chi connectivity index (χ0v) is 16.7. The Labute approximate surface area is 168 Å². The van der Waals surface area contributed by atoms with Gasteiger partial charge in [0, 0.05) is 52.7 Å². The largest absolute Gasteiger partial charge is 0.368 e. The van der Waals surface area contributed by atoms with Crippen molar-refractivity contribution in [2.24, 2.45) is 0 Å². The molecule has 1 N–H and O–H groups in total. The predicted molar refractivity (Wildman–Crippen MR) is 111 cm³/mol. The number of nitrogens with one attached hydrogen (secondary N) is 1. The Bertz CT molecular complexity index is 841. The number of carbonyl (C=O) groups is 2. The monoisotopic (exact) mass is 403 g/mol. The SMILES string of the molecule is Cc1ccc(/C=C/C(=O)NCC(=O)N2CCN(c3cccc(Cl)c3)CC2)s1. The number of hydrogen-bond donors (Lipinski definition) is 1. The number of aryl methyl sites for hydroxylation is 1. The Morgan fingerprint density at radius 3 is 2.63 bits per heavy atom. The van der Waals surface area contributed by atoms with Crippen molar-refractivity contribution in [1.82, 2.24) is 10.2 Å². The molecule has 1 fully saturated rings. The van der Waals surface area contributed by atoms with E-state index in [2.05, 4.69) is 10.2 Å². The Hall–Kier alpha value is -2.31. The van der Waals surface area contributed by atoms with E-state index in [1.807, 2.05) is 43.3 Å². The molecular weight excluding hydrogens is 382 g/mol. The van der Waals surface area contributed by atoms with Crippen molar-refractivity contribution in [2.75, 3.05) is 37.6 Å². The van der Waals surface area contributed by atoms with Gasteiger partial charge in [0.1, 0.15) is 0 Å². The van der Waals surface area contributed by atoms with E-state index in [9.17, 15) is 9.59 Å². The summed E-state index contributed by atoms with van der Waals surface area (Å²) in [4.78, 5) is 30.4. The normalized spacial score (nSPS) is 14.6. The van der Waals surface area contributed by atoms with Crippen LogP contribution in [0.5, 0.6) is 0 Å². The van der Waals surface area contributed by atoms with Crippen molar-refractivity contribution in [3.8, 4) is 0 Å². The number of thiophene rings is 1. The van der Waals surface area contributed by atoms with Crippen LogP contribution in [0.15, 0.2) is 42.5 Å². The lowest BCUT2D eigenvalue weighted by molar-refractivity contribution is -0.132. The molecule has 142 valence electrons. The van der Waals surface area contributed by atoms with E-state index in [1.54, 1.807) is 22.3 Å². The second kappa shape index (κ2) is 9.06. The molecule has 0 unspecified atom stereocenters. The van der Waals surface area contributed by atoms with Gasteiger partial charge in [0.25, 0.3) is 0 Å². The zero-order chi connectivity index (χ0) is 19.2. The summed E-state index contributed by atoms with van der Waals surface area (Å²) in [6, 6.07) is 11.7. The number of piperazine rings is 1. The standard InChI is InChI=1S/C20H22ClN3O2S/c1-15-5-6-18(27-15)7-8-19(25)22-14-20(26)24-11-9-23(10-12-24)17-4-2-3-16(21)13-17/h2-8,13H,9-12,14H2,1H3,(H,22,25)/b8-7+. The van der Waals surface area contributed by atoms with Gasteiger partial charge < -0.3 is 15.1 Å². The number of nitrogens with zero attached hydrogens (tertiary/aromatic N) is 2. The lowest BCUT2D eigenvalue weighted by Crippen LogP contribution is -2.51. The van der Waals surface area contributed by atoms with Crippen LogP contribution in [0.2, 0.25) is 5.02 Å². The number of anilines is 1. The molecule has 5 nitrogen and oxygen atoms in total. The topological polar surface area (TPSA) is 52.7 Å². The second-order valence-corrected chi connectivity index (χ2v) is 8.10. The minimum absolute atomic E-state index is 0.0177. The molecule has 1 aliphatic heterocycles. The van der Waals surface area contributed by atoms with E-state index in [0.29, 0.717) is 18.1 Å². The fourth-order valence-electron chi connectivity index (χ4n) is 2.92. The number of rotatable bonds is 5. The molecule has 0 spiro atoms.